The standard InChI is InChI=1S/C21H21NO4/c1-13-4-5-14(2)20(15(13)3)26-21(25)17-8-6-16(7-9-17)12-22-18(23)10-11-19(22)24/h4-9H,10-12H2,1-3H3. The summed E-state index contributed by atoms with van der Waals surface area (Å²) in [4.78, 5) is 37.1. The Hall–Kier alpha value is -2.95. The number of imide groups is 1. The number of benzene rings is 2. The molecular formula is C21H21NO4. The smallest absolute Gasteiger partial charge is 0.343 e. The van der Waals surface area contributed by atoms with Crippen LogP contribution in [0.15, 0.2) is 36.4 Å². The van der Waals surface area contributed by atoms with E-state index in [9.17, 15) is 14.4 Å². The van der Waals surface area contributed by atoms with Gasteiger partial charge in [-0.2, -0.15) is 0 Å². The Labute approximate surface area is 152 Å². The monoisotopic (exact) mass is 351 g/mol. The van der Waals surface area contributed by atoms with Gasteiger partial charge in [0.15, 0.2) is 0 Å². The molecule has 2 aromatic carbocycles. The topological polar surface area (TPSA) is 63.7 Å². The lowest BCUT2D eigenvalue weighted by Gasteiger charge is -2.14. The molecule has 2 aromatic rings. The van der Waals surface area contributed by atoms with Crippen LogP contribution in [0.4, 0.5) is 0 Å². The quantitative estimate of drug-likeness (QED) is 0.481. The molecule has 1 heterocycles. The Morgan fingerprint density at radius 1 is 0.923 bits per heavy atom. The van der Waals surface area contributed by atoms with Crippen LogP contribution >= 0.6 is 0 Å². The molecule has 26 heavy (non-hydrogen) atoms. The third-order valence-corrected chi connectivity index (χ3v) is 4.75. The first-order valence-electron chi connectivity index (χ1n) is 8.58. The number of aryl methyl sites for hydroxylation is 2. The summed E-state index contributed by atoms with van der Waals surface area (Å²) in [7, 11) is 0. The first-order valence-corrected chi connectivity index (χ1v) is 8.58. The molecule has 3 rings (SSSR count). The molecule has 0 bridgehead atoms. The van der Waals surface area contributed by atoms with Gasteiger partial charge in [-0.25, -0.2) is 4.79 Å². The van der Waals surface area contributed by atoms with E-state index in [-0.39, 0.29) is 31.2 Å². The van der Waals surface area contributed by atoms with E-state index < -0.39 is 5.97 Å². The zero-order valence-corrected chi connectivity index (χ0v) is 15.2. The third-order valence-electron chi connectivity index (χ3n) is 4.75. The summed E-state index contributed by atoms with van der Waals surface area (Å²) in [6.45, 7) is 6.05. The van der Waals surface area contributed by atoms with Gasteiger partial charge < -0.3 is 4.74 Å². The summed E-state index contributed by atoms with van der Waals surface area (Å²) in [6, 6.07) is 10.7. The predicted octanol–water partition coefficient (Wildman–Crippen LogP) is 3.48. The molecule has 5 heteroatoms. The zero-order chi connectivity index (χ0) is 18.8. The molecule has 0 atom stereocenters. The maximum atomic E-state index is 12.4. The van der Waals surface area contributed by atoms with Crippen molar-refractivity contribution in [2.24, 2.45) is 0 Å². The minimum Gasteiger partial charge on any atom is -0.422 e. The maximum Gasteiger partial charge on any atom is 0.343 e. The van der Waals surface area contributed by atoms with Gasteiger partial charge >= 0.3 is 5.97 Å². The fourth-order valence-corrected chi connectivity index (χ4v) is 2.96. The molecular weight excluding hydrogens is 330 g/mol. The highest BCUT2D eigenvalue weighted by atomic mass is 16.5. The number of amides is 2. The van der Waals surface area contributed by atoms with Crippen LogP contribution in [0.25, 0.3) is 0 Å². The fraction of sp³-hybridized carbons (Fsp3) is 0.286. The van der Waals surface area contributed by atoms with Crippen molar-refractivity contribution in [3.05, 3.63) is 64.2 Å². The Balaban J connectivity index is 1.73. The molecule has 1 aliphatic heterocycles. The molecule has 0 saturated carbocycles. The third kappa shape index (κ3) is 3.52. The van der Waals surface area contributed by atoms with Crippen LogP contribution in [0.5, 0.6) is 5.75 Å². The van der Waals surface area contributed by atoms with Gasteiger partial charge in [-0.15, -0.1) is 0 Å². The number of likely N-dealkylation sites (tertiary alicyclic amines) is 1. The van der Waals surface area contributed by atoms with Crippen molar-refractivity contribution in [2.45, 2.75) is 40.2 Å². The summed E-state index contributed by atoms with van der Waals surface area (Å²) < 4.78 is 5.59. The molecule has 1 saturated heterocycles. The number of hydrogen-bond donors (Lipinski definition) is 0. The highest BCUT2D eigenvalue weighted by molar-refractivity contribution is 6.01. The average Bonchev–Trinajstić information content (AvgIpc) is 2.94. The van der Waals surface area contributed by atoms with Crippen LogP contribution in [0, 0.1) is 20.8 Å². The first kappa shape index (κ1) is 17.9. The lowest BCUT2D eigenvalue weighted by atomic mass is 10.1. The Morgan fingerprint density at radius 2 is 1.50 bits per heavy atom. The molecule has 1 fully saturated rings. The average molecular weight is 351 g/mol. The summed E-state index contributed by atoms with van der Waals surface area (Å²) >= 11 is 0. The lowest BCUT2D eigenvalue weighted by molar-refractivity contribution is -0.139. The zero-order valence-electron chi connectivity index (χ0n) is 15.2. The van der Waals surface area contributed by atoms with E-state index in [2.05, 4.69) is 0 Å². The summed E-state index contributed by atoms with van der Waals surface area (Å²) in [5, 5.41) is 0. The number of carbonyl (C=O) groups excluding carboxylic acids is 3. The molecule has 134 valence electrons. The lowest BCUT2D eigenvalue weighted by Crippen LogP contribution is -2.28. The van der Waals surface area contributed by atoms with Crippen molar-refractivity contribution >= 4 is 17.8 Å². The van der Waals surface area contributed by atoms with E-state index in [1.165, 1.54) is 4.90 Å². The predicted molar refractivity (Wildman–Crippen MR) is 96.8 cm³/mol. The number of rotatable bonds is 4. The van der Waals surface area contributed by atoms with Gasteiger partial charge in [0.1, 0.15) is 5.75 Å². The van der Waals surface area contributed by atoms with Crippen molar-refractivity contribution in [3.8, 4) is 5.75 Å². The SMILES string of the molecule is Cc1ccc(C)c(OC(=O)c2ccc(CN3C(=O)CCC3=O)cc2)c1C. The number of ether oxygens (including phenoxy) is 1. The van der Waals surface area contributed by atoms with Crippen molar-refractivity contribution in [1.82, 2.24) is 4.90 Å². The molecule has 2 amide bonds. The van der Waals surface area contributed by atoms with E-state index in [1.807, 2.05) is 32.9 Å². The molecule has 0 radical (unpaired) electrons. The minimum absolute atomic E-state index is 0.149. The normalized spacial score (nSPS) is 14.0. The van der Waals surface area contributed by atoms with E-state index in [4.69, 9.17) is 4.74 Å². The molecule has 0 unspecified atom stereocenters. The van der Waals surface area contributed by atoms with E-state index in [0.29, 0.717) is 11.3 Å². The van der Waals surface area contributed by atoms with Crippen LogP contribution in [0.2, 0.25) is 0 Å². The summed E-state index contributed by atoms with van der Waals surface area (Å²) in [5.41, 5.74) is 4.14. The minimum atomic E-state index is -0.429. The molecule has 0 aromatic heterocycles. The number of esters is 1. The largest absolute Gasteiger partial charge is 0.422 e. The van der Waals surface area contributed by atoms with Crippen LogP contribution < -0.4 is 4.74 Å². The second-order valence-corrected chi connectivity index (χ2v) is 6.61. The van der Waals surface area contributed by atoms with Gasteiger partial charge in [0.2, 0.25) is 11.8 Å². The second-order valence-electron chi connectivity index (χ2n) is 6.61. The van der Waals surface area contributed by atoms with Crippen molar-refractivity contribution < 1.29 is 19.1 Å². The van der Waals surface area contributed by atoms with E-state index in [1.54, 1.807) is 24.3 Å². The van der Waals surface area contributed by atoms with Gasteiger partial charge in [0.05, 0.1) is 12.1 Å². The maximum absolute atomic E-state index is 12.4. The first-order chi connectivity index (χ1) is 12.4. The van der Waals surface area contributed by atoms with Crippen LogP contribution in [-0.2, 0) is 16.1 Å². The summed E-state index contributed by atoms with van der Waals surface area (Å²) in [5.74, 6) is -0.137. The summed E-state index contributed by atoms with van der Waals surface area (Å²) in [6.07, 6.45) is 0.552. The van der Waals surface area contributed by atoms with Gasteiger partial charge in [0.25, 0.3) is 0 Å². The number of carbonyl (C=O) groups is 3. The van der Waals surface area contributed by atoms with Crippen LogP contribution in [0.3, 0.4) is 0 Å². The Kier molecular flexibility index (Phi) is 4.89. The van der Waals surface area contributed by atoms with Crippen molar-refractivity contribution in [2.75, 3.05) is 0 Å². The number of nitrogens with zero attached hydrogens (tertiary/aromatic N) is 1. The molecule has 5 nitrogen and oxygen atoms in total. The number of hydrogen-bond acceptors (Lipinski definition) is 4. The van der Waals surface area contributed by atoms with Gasteiger partial charge in [-0.05, 0) is 55.2 Å². The molecule has 0 aliphatic carbocycles. The molecule has 0 N–H and O–H groups in total. The highest BCUT2D eigenvalue weighted by Gasteiger charge is 2.28. The van der Waals surface area contributed by atoms with Crippen LogP contribution in [0.1, 0.15) is 45.5 Å². The molecule has 1 aliphatic rings. The Morgan fingerprint density at radius 3 is 2.12 bits per heavy atom. The molecule has 0 spiro atoms. The van der Waals surface area contributed by atoms with Crippen molar-refractivity contribution in [1.29, 1.82) is 0 Å². The van der Waals surface area contributed by atoms with Gasteiger partial charge in [0, 0.05) is 12.8 Å². The second kappa shape index (κ2) is 7.12. The van der Waals surface area contributed by atoms with Gasteiger partial charge in [-0.1, -0.05) is 24.3 Å². The van der Waals surface area contributed by atoms with Crippen molar-refractivity contribution in [3.63, 3.8) is 0 Å². The van der Waals surface area contributed by atoms with E-state index >= 15 is 0 Å². The van der Waals surface area contributed by atoms with Crippen LogP contribution in [-0.4, -0.2) is 22.7 Å². The highest BCUT2D eigenvalue weighted by Crippen LogP contribution is 2.26. The fourth-order valence-electron chi connectivity index (χ4n) is 2.96. The van der Waals surface area contributed by atoms with E-state index in [0.717, 1.165) is 22.3 Å². The van der Waals surface area contributed by atoms with Gasteiger partial charge in [-0.3, -0.25) is 14.5 Å². The Bertz CT molecular complexity index is 868.